The quantitative estimate of drug-likeness (QED) is 0.606. The summed E-state index contributed by atoms with van der Waals surface area (Å²) >= 11 is 0. The Labute approximate surface area is 180 Å². The number of benzene rings is 1. The van der Waals surface area contributed by atoms with Crippen LogP contribution < -0.4 is 10.0 Å². The van der Waals surface area contributed by atoms with Gasteiger partial charge in [0, 0.05) is 11.6 Å². The van der Waals surface area contributed by atoms with Gasteiger partial charge in [0.2, 0.25) is 0 Å². The van der Waals surface area contributed by atoms with Crippen LogP contribution in [-0.2, 0) is 15.6 Å². The molecule has 9 nitrogen and oxygen atoms in total. The van der Waals surface area contributed by atoms with Crippen LogP contribution in [0.15, 0.2) is 21.7 Å². The number of nitrogens with zero attached hydrogens (tertiary/aromatic N) is 2. The van der Waals surface area contributed by atoms with Crippen molar-refractivity contribution in [2.45, 2.75) is 64.1 Å². The maximum absolute atomic E-state index is 14.8. The van der Waals surface area contributed by atoms with Crippen LogP contribution in [0.2, 0.25) is 0 Å². The van der Waals surface area contributed by atoms with Gasteiger partial charge in [-0.15, -0.1) is 0 Å². The number of rotatable bonds is 6. The molecule has 1 aromatic heterocycles. The number of anilines is 1. The Morgan fingerprint density at radius 3 is 2.32 bits per heavy atom. The van der Waals surface area contributed by atoms with E-state index in [1.54, 1.807) is 38.5 Å². The van der Waals surface area contributed by atoms with Crippen molar-refractivity contribution in [1.29, 1.82) is 5.26 Å². The first-order chi connectivity index (χ1) is 14.2. The molecule has 0 aliphatic rings. The van der Waals surface area contributed by atoms with Crippen LogP contribution in [-0.4, -0.2) is 24.7 Å². The first-order valence-electron chi connectivity index (χ1n) is 9.48. The highest BCUT2D eigenvalue weighted by atomic mass is 32.2. The molecule has 0 aliphatic heterocycles. The first kappa shape index (κ1) is 24.3. The molecular weight excluding hydrogens is 427 g/mol. The molecule has 0 atom stereocenters. The topological polar surface area (TPSA) is 145 Å². The highest BCUT2D eigenvalue weighted by Crippen LogP contribution is 2.36. The van der Waals surface area contributed by atoms with E-state index in [0.717, 1.165) is 6.07 Å². The second-order valence-corrected chi connectivity index (χ2v) is 9.80. The second kappa shape index (κ2) is 8.64. The summed E-state index contributed by atoms with van der Waals surface area (Å²) in [5.74, 6) is -1.37. The molecule has 0 saturated heterocycles. The third-order valence-electron chi connectivity index (χ3n) is 4.50. The van der Waals surface area contributed by atoms with Gasteiger partial charge in [-0.1, -0.05) is 32.9 Å². The van der Waals surface area contributed by atoms with E-state index in [2.05, 4.69) is 10.5 Å². The number of nitrogens with one attached hydrogen (secondary N) is 2. The minimum Gasteiger partial charge on any atom is -0.384 e. The van der Waals surface area contributed by atoms with Gasteiger partial charge in [0.25, 0.3) is 5.09 Å². The Kier molecular flexibility index (Phi) is 6.78. The molecule has 2 rings (SSSR count). The monoisotopic (exact) mass is 452 g/mol. The lowest BCUT2D eigenvalue weighted by atomic mass is 9.90. The summed E-state index contributed by atoms with van der Waals surface area (Å²) in [5, 5.41) is 24.4. The normalized spacial score (nSPS) is 12.2. The van der Waals surface area contributed by atoms with E-state index in [9.17, 15) is 28.0 Å². The average Bonchev–Trinajstić information content (AvgIpc) is 3.12. The number of hydrogen-bond acceptors (Lipinski definition) is 7. The summed E-state index contributed by atoms with van der Waals surface area (Å²) in [7, 11) is -4.46. The minimum absolute atomic E-state index is 0.0355. The molecule has 3 N–H and O–H groups in total. The van der Waals surface area contributed by atoms with E-state index in [-0.39, 0.29) is 28.4 Å². The second-order valence-electron chi connectivity index (χ2n) is 8.19. The molecule has 0 bridgehead atoms. The maximum atomic E-state index is 14.8. The summed E-state index contributed by atoms with van der Waals surface area (Å²) in [6, 6.07) is 2.99. The van der Waals surface area contributed by atoms with Crippen molar-refractivity contribution in [3.05, 3.63) is 40.3 Å². The van der Waals surface area contributed by atoms with Crippen LogP contribution >= 0.6 is 0 Å². The number of aliphatic hydroxyl groups is 1. The fraction of sp³-hybridized carbons (Fsp3) is 0.450. The van der Waals surface area contributed by atoms with Gasteiger partial charge in [0.1, 0.15) is 23.2 Å². The van der Waals surface area contributed by atoms with Gasteiger partial charge in [0.05, 0.1) is 11.3 Å². The van der Waals surface area contributed by atoms with E-state index in [1.165, 1.54) is 19.9 Å². The zero-order valence-corrected chi connectivity index (χ0v) is 18.9. The number of hydrogen-bond donors (Lipinski definition) is 3. The fourth-order valence-electron chi connectivity index (χ4n) is 2.90. The van der Waals surface area contributed by atoms with Gasteiger partial charge in [-0.2, -0.15) is 13.7 Å². The lowest BCUT2D eigenvalue weighted by Gasteiger charge is -2.21. The molecule has 0 fully saturated rings. The molecule has 31 heavy (non-hydrogen) atoms. The van der Waals surface area contributed by atoms with Crippen LogP contribution in [0.1, 0.15) is 75.8 Å². The van der Waals surface area contributed by atoms with Crippen molar-refractivity contribution in [3.8, 4) is 6.07 Å². The summed E-state index contributed by atoms with van der Waals surface area (Å²) < 4.78 is 46.3. The van der Waals surface area contributed by atoms with Crippen LogP contribution in [0, 0.1) is 17.1 Å². The fourth-order valence-corrected chi connectivity index (χ4v) is 3.70. The summed E-state index contributed by atoms with van der Waals surface area (Å²) in [5.41, 5.74) is -0.961. The molecule has 0 aliphatic carbocycles. The number of sulfonamides is 1. The van der Waals surface area contributed by atoms with Crippen molar-refractivity contribution in [2.24, 2.45) is 0 Å². The molecule has 0 spiro atoms. The molecule has 0 unspecified atom stereocenters. The van der Waals surface area contributed by atoms with Gasteiger partial charge in [-0.05, 0) is 37.3 Å². The van der Waals surface area contributed by atoms with E-state index >= 15 is 0 Å². The van der Waals surface area contributed by atoms with Gasteiger partial charge in [-0.25, -0.2) is 13.9 Å². The largest absolute Gasteiger partial charge is 0.384 e. The molecular formula is C20H25FN4O5S. The van der Waals surface area contributed by atoms with Crippen molar-refractivity contribution in [1.82, 2.24) is 9.88 Å². The predicted octanol–water partition coefficient (Wildman–Crippen LogP) is 3.67. The number of carbonyl (C=O) groups excluding carboxylic acids is 1. The lowest BCUT2D eigenvalue weighted by Crippen LogP contribution is -2.35. The smallest absolute Gasteiger partial charge is 0.333 e. The standard InChI is InChI=1S/C20H25FN4O5S/c1-10(2)13-7-12(9-22)17(21)16(11(3)4)18(13)23-19(26)25-31(28,29)15-8-14(24-30-15)20(5,6)27/h7-8,10-11,27H,1-6H3,(H2,23,25,26). The van der Waals surface area contributed by atoms with Crippen molar-refractivity contribution >= 4 is 21.7 Å². The number of halogens is 1. The third kappa shape index (κ3) is 5.21. The van der Waals surface area contributed by atoms with Gasteiger partial charge >= 0.3 is 16.1 Å². The molecule has 2 aromatic rings. The van der Waals surface area contributed by atoms with E-state index < -0.39 is 38.5 Å². The van der Waals surface area contributed by atoms with Crippen molar-refractivity contribution in [2.75, 3.05) is 5.32 Å². The Morgan fingerprint density at radius 2 is 1.87 bits per heavy atom. The maximum Gasteiger partial charge on any atom is 0.333 e. The molecule has 1 aromatic carbocycles. The van der Waals surface area contributed by atoms with E-state index in [0.29, 0.717) is 5.56 Å². The number of urea groups is 1. The Hall–Kier alpha value is -2.97. The number of amides is 2. The van der Waals surface area contributed by atoms with Gasteiger partial charge < -0.3 is 14.9 Å². The third-order valence-corrected chi connectivity index (χ3v) is 5.67. The highest BCUT2D eigenvalue weighted by Gasteiger charge is 2.29. The number of aromatic nitrogens is 1. The number of carbonyl (C=O) groups is 1. The van der Waals surface area contributed by atoms with Crippen molar-refractivity contribution < 1.29 is 27.2 Å². The Morgan fingerprint density at radius 1 is 1.26 bits per heavy atom. The van der Waals surface area contributed by atoms with Crippen LogP contribution in [0.4, 0.5) is 14.9 Å². The zero-order chi connectivity index (χ0) is 23.7. The molecule has 1 heterocycles. The zero-order valence-electron chi connectivity index (χ0n) is 18.1. The molecule has 168 valence electrons. The number of nitriles is 1. The first-order valence-corrected chi connectivity index (χ1v) is 11.0. The van der Waals surface area contributed by atoms with Crippen LogP contribution in [0.25, 0.3) is 0 Å². The van der Waals surface area contributed by atoms with Crippen LogP contribution in [0.5, 0.6) is 0 Å². The summed E-state index contributed by atoms with van der Waals surface area (Å²) in [4.78, 5) is 12.5. The molecule has 0 saturated carbocycles. The average molecular weight is 453 g/mol. The van der Waals surface area contributed by atoms with E-state index in [4.69, 9.17) is 4.52 Å². The van der Waals surface area contributed by atoms with E-state index in [1.807, 2.05) is 0 Å². The van der Waals surface area contributed by atoms with Crippen LogP contribution in [0.3, 0.4) is 0 Å². The lowest BCUT2D eigenvalue weighted by molar-refractivity contribution is 0.0697. The highest BCUT2D eigenvalue weighted by molar-refractivity contribution is 7.89. The Bertz CT molecular complexity index is 1140. The molecule has 0 radical (unpaired) electrons. The summed E-state index contributed by atoms with van der Waals surface area (Å²) in [6.45, 7) is 9.76. The minimum atomic E-state index is -4.46. The predicted molar refractivity (Wildman–Crippen MR) is 110 cm³/mol. The molecule has 11 heteroatoms. The van der Waals surface area contributed by atoms with Crippen molar-refractivity contribution in [3.63, 3.8) is 0 Å². The molecule has 2 amide bonds. The van der Waals surface area contributed by atoms with Gasteiger partial charge in [-0.3, -0.25) is 0 Å². The SMILES string of the molecule is CC(C)c1cc(C#N)c(F)c(C(C)C)c1NC(=O)NS(=O)(=O)c1cc(C(C)(C)O)no1. The summed E-state index contributed by atoms with van der Waals surface area (Å²) in [6.07, 6.45) is 0. The Balaban J connectivity index is 2.42. The van der Waals surface area contributed by atoms with Gasteiger partial charge in [0.15, 0.2) is 0 Å².